The Morgan fingerprint density at radius 1 is 0.846 bits per heavy atom. The highest BCUT2D eigenvalue weighted by atomic mass is 19.3. The maximum atomic E-state index is 12.0. The van der Waals surface area contributed by atoms with Crippen molar-refractivity contribution in [3.8, 4) is 0 Å². The molecule has 0 radical (unpaired) electrons. The lowest BCUT2D eigenvalue weighted by Gasteiger charge is -2.26. The summed E-state index contributed by atoms with van der Waals surface area (Å²) in [6.07, 6.45) is -8.68. The fourth-order valence-electron chi connectivity index (χ4n) is 0.451. The van der Waals surface area contributed by atoms with E-state index < -0.39 is 31.1 Å². The van der Waals surface area contributed by atoms with Gasteiger partial charge >= 0.3 is 18.3 Å². The predicted octanol–water partition coefficient (Wildman–Crippen LogP) is 2.83. The Morgan fingerprint density at radius 2 is 1.23 bits per heavy atom. The molecule has 0 heterocycles. The summed E-state index contributed by atoms with van der Waals surface area (Å²) in [5.74, 6) is -11.6. The first-order valence-corrected chi connectivity index (χ1v) is 2.91. The summed E-state index contributed by atoms with van der Waals surface area (Å²) in [6.45, 7) is -2.45. The van der Waals surface area contributed by atoms with Gasteiger partial charge in [-0.25, -0.2) is 17.6 Å². The van der Waals surface area contributed by atoms with Crippen LogP contribution in [0.4, 0.5) is 35.1 Å². The number of halogens is 8. The van der Waals surface area contributed by atoms with Crippen molar-refractivity contribution in [1.82, 2.24) is 0 Å². The summed E-state index contributed by atoms with van der Waals surface area (Å²) in [7, 11) is 0. The zero-order valence-electron chi connectivity index (χ0n) is 5.89. The van der Waals surface area contributed by atoms with Crippen molar-refractivity contribution < 1.29 is 35.1 Å². The summed E-state index contributed by atoms with van der Waals surface area (Å²) in [5.41, 5.74) is 0. The van der Waals surface area contributed by atoms with Gasteiger partial charge in [0.05, 0.1) is 0 Å². The van der Waals surface area contributed by atoms with Gasteiger partial charge in [-0.05, 0) is 0 Å². The number of hydrogen-bond donors (Lipinski definition) is 0. The van der Waals surface area contributed by atoms with Crippen LogP contribution in [0.3, 0.4) is 0 Å². The topological polar surface area (TPSA) is 0 Å². The molecule has 1 atom stereocenters. The number of hydrogen-bond acceptors (Lipinski definition) is 0. The summed E-state index contributed by atoms with van der Waals surface area (Å²) in [5, 5.41) is 0. The molecule has 0 nitrogen and oxygen atoms in total. The minimum atomic E-state index is -5.86. The first-order chi connectivity index (χ1) is 5.67. The molecule has 0 aliphatic rings. The van der Waals surface area contributed by atoms with E-state index in [-0.39, 0.29) is 0 Å². The van der Waals surface area contributed by atoms with Gasteiger partial charge in [-0.1, -0.05) is 0 Å². The van der Waals surface area contributed by atoms with Crippen molar-refractivity contribution in [2.45, 2.75) is 24.4 Å². The summed E-state index contributed by atoms with van der Waals surface area (Å²) >= 11 is 0. The largest absolute Gasteiger partial charge is 0.372 e. The van der Waals surface area contributed by atoms with Gasteiger partial charge in [-0.3, -0.25) is 0 Å². The maximum Gasteiger partial charge on any atom is 0.372 e. The molecular formula is C5H4F8. The Balaban J connectivity index is 4.80. The molecule has 0 aliphatic heterocycles. The Labute approximate surface area is 67.5 Å². The van der Waals surface area contributed by atoms with E-state index in [1.807, 2.05) is 0 Å². The van der Waals surface area contributed by atoms with Crippen LogP contribution in [0.1, 0.15) is 0 Å². The molecule has 8 heteroatoms. The Kier molecular flexibility index (Phi) is 3.51. The monoisotopic (exact) mass is 216 g/mol. The molecule has 0 aliphatic carbocycles. The smallest absolute Gasteiger partial charge is 0.248 e. The van der Waals surface area contributed by atoms with Crippen LogP contribution < -0.4 is 0 Å². The lowest BCUT2D eigenvalue weighted by molar-refractivity contribution is -0.286. The minimum Gasteiger partial charge on any atom is -0.248 e. The average Bonchev–Trinajstić information content (AvgIpc) is 2.02. The molecule has 13 heavy (non-hydrogen) atoms. The summed E-state index contributed by atoms with van der Waals surface area (Å²) in [4.78, 5) is 0. The van der Waals surface area contributed by atoms with Crippen molar-refractivity contribution in [3.63, 3.8) is 0 Å². The van der Waals surface area contributed by atoms with Gasteiger partial charge < -0.3 is 0 Å². The summed E-state index contributed by atoms with van der Waals surface area (Å²) in [6, 6.07) is 0. The first-order valence-electron chi connectivity index (χ1n) is 2.91. The van der Waals surface area contributed by atoms with E-state index in [2.05, 4.69) is 0 Å². The Hall–Kier alpha value is -0.560. The van der Waals surface area contributed by atoms with E-state index >= 15 is 0 Å². The van der Waals surface area contributed by atoms with Gasteiger partial charge in [0.15, 0.2) is 6.17 Å². The van der Waals surface area contributed by atoms with Crippen LogP contribution >= 0.6 is 0 Å². The molecule has 0 aromatic heterocycles. The molecule has 0 saturated carbocycles. The average molecular weight is 216 g/mol. The highest BCUT2D eigenvalue weighted by Crippen LogP contribution is 2.42. The van der Waals surface area contributed by atoms with Crippen molar-refractivity contribution in [2.75, 3.05) is 6.67 Å². The van der Waals surface area contributed by atoms with E-state index in [0.29, 0.717) is 0 Å². The van der Waals surface area contributed by atoms with Gasteiger partial charge in [0.25, 0.3) is 0 Å². The SMILES string of the molecule is FCC(F)C(F)(F)C(F)(F)C(F)F. The highest BCUT2D eigenvalue weighted by molar-refractivity contribution is 4.92. The van der Waals surface area contributed by atoms with Crippen LogP contribution in [0.15, 0.2) is 0 Å². The van der Waals surface area contributed by atoms with Gasteiger partial charge in [0.1, 0.15) is 6.67 Å². The fraction of sp³-hybridized carbons (Fsp3) is 1.00. The second kappa shape index (κ2) is 3.67. The van der Waals surface area contributed by atoms with Crippen molar-refractivity contribution >= 4 is 0 Å². The first kappa shape index (κ1) is 12.4. The molecular weight excluding hydrogens is 212 g/mol. The van der Waals surface area contributed by atoms with E-state index in [4.69, 9.17) is 0 Å². The van der Waals surface area contributed by atoms with E-state index in [9.17, 15) is 35.1 Å². The highest BCUT2D eigenvalue weighted by Gasteiger charge is 2.67. The lowest BCUT2D eigenvalue weighted by atomic mass is 10.1. The minimum absolute atomic E-state index is 2.45. The second-order valence-electron chi connectivity index (χ2n) is 2.17. The molecule has 0 saturated heterocycles. The number of rotatable bonds is 4. The van der Waals surface area contributed by atoms with E-state index in [1.165, 1.54) is 0 Å². The van der Waals surface area contributed by atoms with Crippen molar-refractivity contribution in [3.05, 3.63) is 0 Å². The molecule has 0 spiro atoms. The van der Waals surface area contributed by atoms with Crippen LogP contribution in [-0.4, -0.2) is 31.1 Å². The quantitative estimate of drug-likeness (QED) is 0.634. The molecule has 0 N–H and O–H groups in total. The lowest BCUT2D eigenvalue weighted by Crippen LogP contribution is -2.53. The van der Waals surface area contributed by atoms with Crippen LogP contribution in [0, 0.1) is 0 Å². The molecule has 0 aromatic carbocycles. The van der Waals surface area contributed by atoms with E-state index in [0.717, 1.165) is 0 Å². The zero-order chi connectivity index (χ0) is 10.9. The molecule has 0 bridgehead atoms. The molecule has 0 amide bonds. The molecule has 80 valence electrons. The van der Waals surface area contributed by atoms with Gasteiger partial charge in [-0.15, -0.1) is 0 Å². The molecule has 0 fully saturated rings. The van der Waals surface area contributed by atoms with Crippen LogP contribution in [0.25, 0.3) is 0 Å². The van der Waals surface area contributed by atoms with Crippen LogP contribution in [0.2, 0.25) is 0 Å². The zero-order valence-corrected chi connectivity index (χ0v) is 5.89. The van der Waals surface area contributed by atoms with Crippen LogP contribution in [0.5, 0.6) is 0 Å². The van der Waals surface area contributed by atoms with Gasteiger partial charge in [0, 0.05) is 0 Å². The van der Waals surface area contributed by atoms with Crippen molar-refractivity contribution in [1.29, 1.82) is 0 Å². The van der Waals surface area contributed by atoms with E-state index in [1.54, 1.807) is 0 Å². The fourth-order valence-corrected chi connectivity index (χ4v) is 0.451. The third-order valence-electron chi connectivity index (χ3n) is 1.25. The summed E-state index contributed by atoms with van der Waals surface area (Å²) < 4.78 is 93.4. The maximum absolute atomic E-state index is 12.0. The molecule has 1 unspecified atom stereocenters. The van der Waals surface area contributed by atoms with Crippen molar-refractivity contribution in [2.24, 2.45) is 0 Å². The standard InChI is InChI=1S/C5H4F8/c6-1-2(7)4(10,11)5(12,13)3(8)9/h2-3H,1H2. The number of alkyl halides is 8. The van der Waals surface area contributed by atoms with Gasteiger partial charge in [-0.2, -0.15) is 17.6 Å². The normalized spacial score (nSPS) is 16.4. The Bertz CT molecular complexity index is 164. The molecule has 0 rings (SSSR count). The third-order valence-corrected chi connectivity index (χ3v) is 1.25. The Morgan fingerprint density at radius 3 is 1.46 bits per heavy atom. The van der Waals surface area contributed by atoms with Gasteiger partial charge in [0.2, 0.25) is 0 Å². The molecule has 0 aromatic rings. The second-order valence-corrected chi connectivity index (χ2v) is 2.17. The predicted molar refractivity (Wildman–Crippen MR) is 26.8 cm³/mol. The van der Waals surface area contributed by atoms with Crippen LogP contribution in [-0.2, 0) is 0 Å². The third kappa shape index (κ3) is 2.02.